The van der Waals surface area contributed by atoms with Crippen LogP contribution in [0.2, 0.25) is 0 Å². The molecule has 2 aromatic carbocycles. The summed E-state index contributed by atoms with van der Waals surface area (Å²) in [5, 5.41) is 8.76. The number of rotatable bonds is 8. The number of aryl methyl sites for hydroxylation is 1. The van der Waals surface area contributed by atoms with Crippen molar-refractivity contribution >= 4 is 0 Å². The van der Waals surface area contributed by atoms with Crippen LogP contribution in [0, 0.1) is 23.0 Å². The van der Waals surface area contributed by atoms with Crippen molar-refractivity contribution in [3.63, 3.8) is 0 Å². The Morgan fingerprint density at radius 1 is 0.828 bits per heavy atom. The van der Waals surface area contributed by atoms with E-state index in [4.69, 9.17) is 5.26 Å². The van der Waals surface area contributed by atoms with E-state index in [0.29, 0.717) is 0 Å². The second-order valence-electron chi connectivity index (χ2n) is 7.08. The van der Waals surface area contributed by atoms with Crippen LogP contribution in [-0.4, -0.2) is 9.97 Å². The predicted molar refractivity (Wildman–Crippen MR) is 110 cm³/mol. The molecular weight excluding hydrogens is 368 g/mol. The Morgan fingerprint density at radius 3 is 2.03 bits per heavy atom. The average molecular weight is 391 g/mol. The zero-order chi connectivity index (χ0) is 20.6. The number of nitrogens with zero attached hydrogens (tertiary/aromatic N) is 3. The summed E-state index contributed by atoms with van der Waals surface area (Å²) in [6.07, 6.45) is 10.7. The van der Waals surface area contributed by atoms with Crippen LogP contribution in [0.4, 0.5) is 8.78 Å². The number of aromatic nitrogens is 2. The number of halogens is 2. The second kappa shape index (κ2) is 9.88. The van der Waals surface area contributed by atoms with Crippen molar-refractivity contribution in [2.45, 2.75) is 45.4 Å². The molecule has 0 saturated carbocycles. The smallest absolute Gasteiger partial charge is 0.159 e. The highest BCUT2D eigenvalue weighted by Gasteiger charge is 2.13. The monoisotopic (exact) mass is 391 g/mol. The van der Waals surface area contributed by atoms with Crippen molar-refractivity contribution in [1.29, 1.82) is 5.26 Å². The zero-order valence-corrected chi connectivity index (χ0v) is 16.5. The fourth-order valence-corrected chi connectivity index (χ4v) is 3.23. The summed E-state index contributed by atoms with van der Waals surface area (Å²) in [5.74, 6) is -1.62. The van der Waals surface area contributed by atoms with Gasteiger partial charge in [-0.05, 0) is 36.1 Å². The molecule has 0 fully saturated rings. The summed E-state index contributed by atoms with van der Waals surface area (Å²) >= 11 is 0. The van der Waals surface area contributed by atoms with Gasteiger partial charge in [0.2, 0.25) is 0 Å². The molecule has 3 rings (SSSR count). The molecule has 0 atom stereocenters. The van der Waals surface area contributed by atoms with Gasteiger partial charge in [-0.15, -0.1) is 0 Å². The lowest BCUT2D eigenvalue weighted by Crippen LogP contribution is -1.95. The summed E-state index contributed by atoms with van der Waals surface area (Å²) in [6.45, 7) is 2.22. The third kappa shape index (κ3) is 5.23. The molecule has 0 bridgehead atoms. The van der Waals surface area contributed by atoms with E-state index < -0.39 is 17.2 Å². The first-order valence-corrected chi connectivity index (χ1v) is 9.93. The summed E-state index contributed by atoms with van der Waals surface area (Å²) in [6, 6.07) is 12.0. The average Bonchev–Trinajstić information content (AvgIpc) is 2.74. The van der Waals surface area contributed by atoms with Crippen LogP contribution in [0.25, 0.3) is 22.5 Å². The van der Waals surface area contributed by atoms with E-state index in [9.17, 15) is 8.78 Å². The molecule has 0 spiro atoms. The van der Waals surface area contributed by atoms with Gasteiger partial charge in [-0.25, -0.2) is 18.7 Å². The molecule has 5 heteroatoms. The fraction of sp³-hybridized carbons (Fsp3) is 0.292. The van der Waals surface area contributed by atoms with Gasteiger partial charge in [0.1, 0.15) is 23.3 Å². The topological polar surface area (TPSA) is 49.6 Å². The normalized spacial score (nSPS) is 10.7. The van der Waals surface area contributed by atoms with Crippen LogP contribution >= 0.6 is 0 Å². The lowest BCUT2D eigenvalue weighted by molar-refractivity contribution is 0.577. The first kappa shape index (κ1) is 20.6. The van der Waals surface area contributed by atoms with Crippen LogP contribution in [0.15, 0.2) is 48.8 Å². The number of hydrogen-bond acceptors (Lipinski definition) is 3. The van der Waals surface area contributed by atoms with E-state index in [1.807, 2.05) is 12.1 Å². The SMILES string of the molecule is CCCCCCCc1ccc(-c2cnc(-c3cc(F)c(C#N)c(F)c3)nc2)cc1. The van der Waals surface area contributed by atoms with Gasteiger partial charge >= 0.3 is 0 Å². The number of hydrogen-bond donors (Lipinski definition) is 0. The fourth-order valence-electron chi connectivity index (χ4n) is 3.23. The van der Waals surface area contributed by atoms with Gasteiger partial charge < -0.3 is 0 Å². The molecule has 29 heavy (non-hydrogen) atoms. The molecule has 0 radical (unpaired) electrons. The van der Waals surface area contributed by atoms with Crippen molar-refractivity contribution in [3.05, 3.63) is 71.6 Å². The largest absolute Gasteiger partial charge is 0.236 e. The van der Waals surface area contributed by atoms with Gasteiger partial charge in [0.15, 0.2) is 5.82 Å². The molecule has 0 aliphatic heterocycles. The van der Waals surface area contributed by atoms with Gasteiger partial charge in [0.25, 0.3) is 0 Å². The maximum absolute atomic E-state index is 13.8. The van der Waals surface area contributed by atoms with Gasteiger partial charge in [-0.3, -0.25) is 0 Å². The van der Waals surface area contributed by atoms with Crippen LogP contribution in [0.3, 0.4) is 0 Å². The summed E-state index contributed by atoms with van der Waals surface area (Å²) in [4.78, 5) is 8.47. The summed E-state index contributed by atoms with van der Waals surface area (Å²) in [7, 11) is 0. The highest BCUT2D eigenvalue weighted by Crippen LogP contribution is 2.24. The summed E-state index contributed by atoms with van der Waals surface area (Å²) in [5.41, 5.74) is 2.73. The number of nitriles is 1. The van der Waals surface area contributed by atoms with Gasteiger partial charge in [0.05, 0.1) is 0 Å². The maximum atomic E-state index is 13.8. The maximum Gasteiger partial charge on any atom is 0.159 e. The van der Waals surface area contributed by atoms with E-state index >= 15 is 0 Å². The molecule has 3 aromatic rings. The van der Waals surface area contributed by atoms with Crippen molar-refractivity contribution in [2.24, 2.45) is 0 Å². The van der Waals surface area contributed by atoms with Crippen LogP contribution < -0.4 is 0 Å². The molecule has 0 saturated heterocycles. The number of unbranched alkanes of at least 4 members (excludes halogenated alkanes) is 4. The van der Waals surface area contributed by atoms with Gasteiger partial charge in [-0.2, -0.15) is 5.26 Å². The minimum absolute atomic E-state index is 0.198. The zero-order valence-electron chi connectivity index (χ0n) is 16.5. The van der Waals surface area contributed by atoms with E-state index in [2.05, 4.69) is 29.0 Å². The molecular formula is C24H23F2N3. The van der Waals surface area contributed by atoms with Crippen molar-refractivity contribution in [1.82, 2.24) is 9.97 Å². The molecule has 0 amide bonds. The van der Waals surface area contributed by atoms with Crippen molar-refractivity contribution < 1.29 is 8.78 Å². The molecule has 0 aliphatic rings. The lowest BCUT2D eigenvalue weighted by atomic mass is 10.0. The third-order valence-corrected chi connectivity index (χ3v) is 4.92. The van der Waals surface area contributed by atoms with E-state index in [1.54, 1.807) is 12.4 Å². The molecule has 0 aliphatic carbocycles. The van der Waals surface area contributed by atoms with E-state index in [-0.39, 0.29) is 11.4 Å². The van der Waals surface area contributed by atoms with E-state index in [0.717, 1.165) is 29.7 Å². The Bertz CT molecular complexity index is 967. The lowest BCUT2D eigenvalue weighted by Gasteiger charge is -2.06. The molecule has 1 heterocycles. The first-order valence-electron chi connectivity index (χ1n) is 9.93. The molecule has 0 unspecified atom stereocenters. The Balaban J connectivity index is 1.68. The minimum Gasteiger partial charge on any atom is -0.236 e. The molecule has 0 N–H and O–H groups in total. The Hall–Kier alpha value is -3.13. The predicted octanol–water partition coefficient (Wildman–Crippen LogP) is 6.47. The van der Waals surface area contributed by atoms with Crippen molar-refractivity contribution in [3.8, 4) is 28.6 Å². The Morgan fingerprint density at radius 2 is 1.45 bits per heavy atom. The first-order chi connectivity index (χ1) is 14.1. The third-order valence-electron chi connectivity index (χ3n) is 4.92. The van der Waals surface area contributed by atoms with Crippen LogP contribution in [-0.2, 0) is 6.42 Å². The summed E-state index contributed by atoms with van der Waals surface area (Å²) < 4.78 is 27.6. The molecule has 1 aromatic heterocycles. The Kier molecular flexibility index (Phi) is 7.02. The molecule has 148 valence electrons. The second-order valence-corrected chi connectivity index (χ2v) is 7.08. The minimum atomic E-state index is -0.916. The molecule has 3 nitrogen and oxygen atoms in total. The van der Waals surface area contributed by atoms with Gasteiger partial charge in [-0.1, -0.05) is 56.9 Å². The quantitative estimate of drug-likeness (QED) is 0.413. The van der Waals surface area contributed by atoms with E-state index in [1.165, 1.54) is 43.7 Å². The highest BCUT2D eigenvalue weighted by molar-refractivity contribution is 5.64. The highest BCUT2D eigenvalue weighted by atomic mass is 19.1. The standard InChI is InChI=1S/C24H23F2N3/c1-2-3-4-5-6-7-17-8-10-18(11-9-17)20-15-28-24(29-16-20)19-12-22(25)21(14-27)23(26)13-19/h8-13,15-16H,2-7H2,1H3. The number of benzene rings is 2. The Labute approximate surface area is 170 Å². The van der Waals surface area contributed by atoms with Crippen LogP contribution in [0.1, 0.15) is 50.2 Å². The van der Waals surface area contributed by atoms with Crippen LogP contribution in [0.5, 0.6) is 0 Å². The van der Waals surface area contributed by atoms with Crippen molar-refractivity contribution in [2.75, 3.05) is 0 Å². The van der Waals surface area contributed by atoms with Gasteiger partial charge in [0, 0.05) is 23.5 Å².